The van der Waals surface area contributed by atoms with E-state index < -0.39 is 0 Å². The molecule has 1 saturated heterocycles. The van der Waals surface area contributed by atoms with Gasteiger partial charge in [-0.1, -0.05) is 42.5 Å². The summed E-state index contributed by atoms with van der Waals surface area (Å²) in [5.74, 6) is 0.691. The van der Waals surface area contributed by atoms with Gasteiger partial charge in [-0.2, -0.15) is 0 Å². The molecule has 0 atom stereocenters. The molecule has 33 heavy (non-hydrogen) atoms. The molecule has 166 valence electrons. The molecule has 0 bridgehead atoms. The average Bonchev–Trinajstić information content (AvgIpc) is 3.41. The van der Waals surface area contributed by atoms with Crippen LogP contribution in [0, 0.1) is 0 Å². The van der Waals surface area contributed by atoms with E-state index >= 15 is 0 Å². The van der Waals surface area contributed by atoms with Crippen molar-refractivity contribution in [3.8, 4) is 10.4 Å². The highest BCUT2D eigenvalue weighted by Crippen LogP contribution is 2.31. The second kappa shape index (κ2) is 8.13. The standard InChI is InChI=1S/C25H23N5O2S/c31-23-18-14-21(16-6-2-1-3-7-16)33-24(18)28-22(27-23)15-29-12-10-17(11-13-29)30-20-9-5-4-8-19(20)26-25(30)32/h1-9,14,17H,10-13,15H2,(H,26,32)(H,27,28,31). The van der Waals surface area contributed by atoms with Crippen LogP contribution in [0.3, 0.4) is 0 Å². The maximum atomic E-state index is 12.7. The molecule has 0 radical (unpaired) electrons. The van der Waals surface area contributed by atoms with Crippen LogP contribution < -0.4 is 11.2 Å². The summed E-state index contributed by atoms with van der Waals surface area (Å²) in [6, 6.07) is 20.0. The van der Waals surface area contributed by atoms with E-state index in [2.05, 4.69) is 14.9 Å². The molecule has 5 aromatic rings. The number of H-pyrrole nitrogens is 2. The van der Waals surface area contributed by atoms with Crippen molar-refractivity contribution in [2.45, 2.75) is 25.4 Å². The van der Waals surface area contributed by atoms with Gasteiger partial charge in [-0.15, -0.1) is 11.3 Å². The number of nitrogens with zero attached hydrogens (tertiary/aromatic N) is 3. The summed E-state index contributed by atoms with van der Waals surface area (Å²) in [4.78, 5) is 40.0. The van der Waals surface area contributed by atoms with Gasteiger partial charge in [-0.3, -0.25) is 14.3 Å². The van der Waals surface area contributed by atoms with Gasteiger partial charge in [0, 0.05) is 24.0 Å². The van der Waals surface area contributed by atoms with Crippen LogP contribution in [0.4, 0.5) is 0 Å². The fraction of sp³-hybridized carbons (Fsp3) is 0.240. The number of rotatable bonds is 4. The van der Waals surface area contributed by atoms with E-state index in [4.69, 9.17) is 4.98 Å². The Hall–Kier alpha value is -3.49. The first-order chi connectivity index (χ1) is 16.2. The van der Waals surface area contributed by atoms with Crippen LogP contribution in [0.15, 0.2) is 70.3 Å². The number of aromatic nitrogens is 4. The Labute approximate surface area is 193 Å². The first-order valence-electron chi connectivity index (χ1n) is 11.2. The molecule has 0 amide bonds. The molecular formula is C25H23N5O2S. The molecule has 2 N–H and O–H groups in total. The van der Waals surface area contributed by atoms with E-state index in [0.717, 1.165) is 52.2 Å². The largest absolute Gasteiger partial charge is 0.326 e. The normalized spacial score (nSPS) is 15.5. The van der Waals surface area contributed by atoms with Gasteiger partial charge < -0.3 is 9.97 Å². The minimum atomic E-state index is -0.0892. The summed E-state index contributed by atoms with van der Waals surface area (Å²) in [6.07, 6.45) is 1.76. The number of imidazole rings is 1. The number of piperidine rings is 1. The summed E-state index contributed by atoms with van der Waals surface area (Å²) in [7, 11) is 0. The van der Waals surface area contributed by atoms with Crippen LogP contribution in [0.1, 0.15) is 24.7 Å². The molecule has 2 aromatic carbocycles. The van der Waals surface area contributed by atoms with Gasteiger partial charge in [0.1, 0.15) is 10.7 Å². The Morgan fingerprint density at radius 2 is 1.73 bits per heavy atom. The van der Waals surface area contributed by atoms with Crippen LogP contribution in [0.5, 0.6) is 0 Å². The number of benzene rings is 2. The number of nitrogens with one attached hydrogen (secondary N) is 2. The summed E-state index contributed by atoms with van der Waals surface area (Å²) in [6.45, 7) is 2.29. The highest BCUT2D eigenvalue weighted by atomic mass is 32.1. The molecular weight excluding hydrogens is 434 g/mol. The highest BCUT2D eigenvalue weighted by Gasteiger charge is 2.24. The first-order valence-corrected chi connectivity index (χ1v) is 12.0. The Balaban J connectivity index is 1.20. The molecule has 8 heteroatoms. The quantitative estimate of drug-likeness (QED) is 0.425. The molecule has 0 aliphatic carbocycles. The Kier molecular flexibility index (Phi) is 4.96. The summed E-state index contributed by atoms with van der Waals surface area (Å²) in [5.41, 5.74) is 2.80. The minimum Gasteiger partial charge on any atom is -0.309 e. The van der Waals surface area contributed by atoms with Gasteiger partial charge in [-0.25, -0.2) is 9.78 Å². The Bertz CT molecular complexity index is 1550. The van der Waals surface area contributed by atoms with E-state index in [1.807, 2.05) is 65.2 Å². The van der Waals surface area contributed by atoms with Crippen molar-refractivity contribution in [3.05, 3.63) is 87.3 Å². The minimum absolute atomic E-state index is 0.0435. The SMILES string of the molecule is O=c1[nH]c(CN2CCC(n3c(=O)[nH]c4ccccc43)CC2)nc2sc(-c3ccccc3)cc12. The molecule has 3 aromatic heterocycles. The maximum absolute atomic E-state index is 12.7. The third-order valence-corrected chi connectivity index (χ3v) is 7.51. The van der Waals surface area contributed by atoms with Crippen LogP contribution in [0.2, 0.25) is 0 Å². The van der Waals surface area contributed by atoms with E-state index in [1.54, 1.807) is 11.3 Å². The lowest BCUT2D eigenvalue weighted by molar-refractivity contribution is 0.176. The predicted octanol–water partition coefficient (Wildman–Crippen LogP) is 4.13. The van der Waals surface area contributed by atoms with Crippen LogP contribution in [0.25, 0.3) is 31.7 Å². The van der Waals surface area contributed by atoms with Crippen molar-refractivity contribution in [1.29, 1.82) is 0 Å². The third-order valence-electron chi connectivity index (χ3n) is 6.43. The number of likely N-dealkylation sites (tertiary alicyclic amines) is 1. The summed E-state index contributed by atoms with van der Waals surface area (Å²) >= 11 is 1.55. The Morgan fingerprint density at radius 3 is 2.55 bits per heavy atom. The Morgan fingerprint density at radius 1 is 0.970 bits per heavy atom. The van der Waals surface area contributed by atoms with Gasteiger partial charge in [0.05, 0.1) is 23.0 Å². The zero-order valence-corrected chi connectivity index (χ0v) is 18.8. The van der Waals surface area contributed by atoms with Crippen LogP contribution >= 0.6 is 11.3 Å². The van der Waals surface area contributed by atoms with E-state index in [1.165, 1.54) is 0 Å². The molecule has 1 aliphatic rings. The topological polar surface area (TPSA) is 86.8 Å². The van der Waals surface area contributed by atoms with Crippen molar-refractivity contribution in [3.63, 3.8) is 0 Å². The fourth-order valence-electron chi connectivity index (χ4n) is 4.78. The lowest BCUT2D eigenvalue weighted by Crippen LogP contribution is -2.37. The molecule has 1 aliphatic heterocycles. The van der Waals surface area contributed by atoms with Crippen molar-refractivity contribution in [2.75, 3.05) is 13.1 Å². The first kappa shape index (κ1) is 20.1. The molecule has 4 heterocycles. The smallest absolute Gasteiger partial charge is 0.309 e. The lowest BCUT2D eigenvalue weighted by Gasteiger charge is -2.32. The molecule has 7 nitrogen and oxygen atoms in total. The van der Waals surface area contributed by atoms with E-state index in [9.17, 15) is 9.59 Å². The molecule has 0 spiro atoms. The molecule has 1 fully saturated rings. The highest BCUT2D eigenvalue weighted by molar-refractivity contribution is 7.21. The summed E-state index contributed by atoms with van der Waals surface area (Å²) in [5, 5.41) is 0.639. The molecule has 0 saturated carbocycles. The zero-order chi connectivity index (χ0) is 22.4. The number of aromatic amines is 2. The van der Waals surface area contributed by atoms with Crippen molar-refractivity contribution in [2.24, 2.45) is 0 Å². The van der Waals surface area contributed by atoms with Gasteiger partial charge in [0.2, 0.25) is 0 Å². The fourth-order valence-corrected chi connectivity index (χ4v) is 5.84. The van der Waals surface area contributed by atoms with Gasteiger partial charge in [0.15, 0.2) is 0 Å². The average molecular weight is 458 g/mol. The van der Waals surface area contributed by atoms with E-state index in [-0.39, 0.29) is 17.3 Å². The maximum Gasteiger partial charge on any atom is 0.326 e. The zero-order valence-electron chi connectivity index (χ0n) is 18.0. The number of thiophene rings is 1. The second-order valence-corrected chi connectivity index (χ2v) is 9.56. The monoisotopic (exact) mass is 457 g/mol. The van der Waals surface area contributed by atoms with Gasteiger partial charge in [0.25, 0.3) is 5.56 Å². The number of hydrogen-bond acceptors (Lipinski definition) is 5. The number of fused-ring (bicyclic) bond motifs is 2. The van der Waals surface area contributed by atoms with Crippen LogP contribution in [-0.2, 0) is 6.54 Å². The van der Waals surface area contributed by atoms with Crippen molar-refractivity contribution >= 4 is 32.6 Å². The van der Waals surface area contributed by atoms with Gasteiger partial charge >= 0.3 is 5.69 Å². The molecule has 6 rings (SSSR count). The van der Waals surface area contributed by atoms with Crippen molar-refractivity contribution in [1.82, 2.24) is 24.4 Å². The predicted molar refractivity (Wildman–Crippen MR) is 132 cm³/mol. The number of hydrogen-bond donors (Lipinski definition) is 2. The lowest BCUT2D eigenvalue weighted by atomic mass is 10.0. The third kappa shape index (κ3) is 3.71. The summed E-state index contributed by atoms with van der Waals surface area (Å²) < 4.78 is 1.90. The number of para-hydroxylation sites is 2. The molecule has 0 unspecified atom stereocenters. The van der Waals surface area contributed by atoms with Crippen LogP contribution in [-0.4, -0.2) is 37.5 Å². The van der Waals surface area contributed by atoms with Crippen molar-refractivity contribution < 1.29 is 0 Å². The van der Waals surface area contributed by atoms with E-state index in [0.29, 0.717) is 17.8 Å². The second-order valence-electron chi connectivity index (χ2n) is 8.53. The van der Waals surface area contributed by atoms with Gasteiger partial charge in [-0.05, 0) is 36.6 Å².